The lowest BCUT2D eigenvalue weighted by Gasteiger charge is -2.33. The number of benzene rings is 2. The smallest absolute Gasteiger partial charge is 0.214 e. The maximum Gasteiger partial charge on any atom is 0.214 e. The van der Waals surface area contributed by atoms with Gasteiger partial charge >= 0.3 is 0 Å². The minimum absolute atomic E-state index is 0.0198. The van der Waals surface area contributed by atoms with Crippen LogP contribution in [0.25, 0.3) is 5.57 Å². The maximum atomic E-state index is 11.5. The average Bonchev–Trinajstić information content (AvgIpc) is 2.48. The Balaban J connectivity index is 2.14. The van der Waals surface area contributed by atoms with Gasteiger partial charge < -0.3 is 4.90 Å². The second kappa shape index (κ2) is 4.73. The Bertz CT molecular complexity index is 631. The van der Waals surface area contributed by atoms with Crippen LogP contribution < -0.4 is 4.90 Å². The van der Waals surface area contributed by atoms with Crippen molar-refractivity contribution in [2.24, 2.45) is 0 Å². The Labute approximate surface area is 113 Å². The van der Waals surface area contributed by atoms with Crippen molar-refractivity contribution in [2.75, 3.05) is 4.90 Å². The SMILES string of the molecule is CC1=CC(c2ccccc2)N(C=O)c2ccccc21. The number of rotatable bonds is 2. The molecule has 1 atom stereocenters. The first-order chi connectivity index (χ1) is 9.31. The lowest BCUT2D eigenvalue weighted by atomic mass is 9.93. The fourth-order valence-corrected chi connectivity index (χ4v) is 2.62. The summed E-state index contributed by atoms with van der Waals surface area (Å²) < 4.78 is 0. The van der Waals surface area contributed by atoms with E-state index in [1.54, 1.807) is 4.90 Å². The normalized spacial score (nSPS) is 17.6. The molecule has 0 saturated heterocycles. The molecule has 1 heterocycles. The van der Waals surface area contributed by atoms with Gasteiger partial charge in [0.1, 0.15) is 0 Å². The zero-order valence-electron chi connectivity index (χ0n) is 10.8. The van der Waals surface area contributed by atoms with Crippen LogP contribution in [0.3, 0.4) is 0 Å². The molecule has 0 radical (unpaired) electrons. The van der Waals surface area contributed by atoms with E-state index in [0.717, 1.165) is 23.2 Å². The number of hydrogen-bond donors (Lipinski definition) is 0. The zero-order chi connectivity index (χ0) is 13.2. The molecule has 2 heteroatoms. The quantitative estimate of drug-likeness (QED) is 0.741. The van der Waals surface area contributed by atoms with Crippen LogP contribution in [-0.2, 0) is 4.79 Å². The third kappa shape index (κ3) is 1.95. The topological polar surface area (TPSA) is 20.3 Å². The van der Waals surface area contributed by atoms with Gasteiger partial charge in [0.05, 0.1) is 11.7 Å². The average molecular weight is 249 g/mol. The first-order valence-corrected chi connectivity index (χ1v) is 6.37. The standard InChI is InChI=1S/C17H15NO/c1-13-11-17(14-7-3-2-4-8-14)18(12-19)16-10-6-5-9-15(13)16/h2-12,17H,1H3. The highest BCUT2D eigenvalue weighted by Gasteiger charge is 2.25. The van der Waals surface area contributed by atoms with Gasteiger partial charge in [-0.2, -0.15) is 0 Å². The predicted molar refractivity (Wildman–Crippen MR) is 77.8 cm³/mol. The van der Waals surface area contributed by atoms with Gasteiger partial charge in [0.2, 0.25) is 6.41 Å². The number of amides is 1. The Morgan fingerprint density at radius 3 is 2.42 bits per heavy atom. The van der Waals surface area contributed by atoms with Crippen molar-refractivity contribution in [2.45, 2.75) is 13.0 Å². The molecule has 1 amide bonds. The van der Waals surface area contributed by atoms with E-state index in [-0.39, 0.29) is 6.04 Å². The van der Waals surface area contributed by atoms with Crippen molar-refractivity contribution in [3.63, 3.8) is 0 Å². The molecule has 1 aliphatic heterocycles. The monoisotopic (exact) mass is 249 g/mol. The summed E-state index contributed by atoms with van der Waals surface area (Å²) in [5, 5.41) is 0. The zero-order valence-corrected chi connectivity index (χ0v) is 10.8. The molecule has 2 nitrogen and oxygen atoms in total. The maximum absolute atomic E-state index is 11.5. The van der Waals surface area contributed by atoms with Crippen molar-refractivity contribution < 1.29 is 4.79 Å². The molecule has 1 unspecified atom stereocenters. The molecule has 1 aliphatic rings. The summed E-state index contributed by atoms with van der Waals surface area (Å²) in [5.41, 5.74) is 4.44. The summed E-state index contributed by atoms with van der Waals surface area (Å²) in [6.45, 7) is 2.09. The number of fused-ring (bicyclic) bond motifs is 1. The minimum Gasteiger partial charge on any atom is -0.303 e. The van der Waals surface area contributed by atoms with E-state index >= 15 is 0 Å². The molecule has 94 valence electrons. The number of hydrogen-bond acceptors (Lipinski definition) is 1. The highest BCUT2D eigenvalue weighted by Crippen LogP contribution is 2.38. The number of anilines is 1. The second-order valence-electron chi connectivity index (χ2n) is 4.74. The Kier molecular flexibility index (Phi) is 2.92. The first kappa shape index (κ1) is 11.7. The molecular weight excluding hydrogens is 234 g/mol. The molecule has 0 aliphatic carbocycles. The fourth-order valence-electron chi connectivity index (χ4n) is 2.62. The van der Waals surface area contributed by atoms with Gasteiger partial charge in [-0.3, -0.25) is 4.79 Å². The molecule has 0 saturated carbocycles. The van der Waals surface area contributed by atoms with Crippen LogP contribution in [0.1, 0.15) is 24.1 Å². The van der Waals surface area contributed by atoms with E-state index in [4.69, 9.17) is 0 Å². The number of carbonyl (C=O) groups is 1. The van der Waals surface area contributed by atoms with Gasteiger partial charge in [0, 0.05) is 5.56 Å². The lowest BCUT2D eigenvalue weighted by Crippen LogP contribution is -2.29. The molecule has 2 aromatic rings. The van der Waals surface area contributed by atoms with Gasteiger partial charge in [-0.25, -0.2) is 0 Å². The van der Waals surface area contributed by atoms with E-state index in [1.165, 1.54) is 5.57 Å². The van der Waals surface area contributed by atoms with Crippen molar-refractivity contribution in [1.29, 1.82) is 0 Å². The molecule has 0 N–H and O–H groups in total. The molecule has 0 aromatic heterocycles. The molecule has 0 bridgehead atoms. The summed E-state index contributed by atoms with van der Waals surface area (Å²) in [6.07, 6.45) is 3.06. The van der Waals surface area contributed by atoms with E-state index < -0.39 is 0 Å². The van der Waals surface area contributed by atoms with Gasteiger partial charge in [-0.05, 0) is 24.1 Å². The van der Waals surface area contributed by atoms with Crippen LogP contribution in [0, 0.1) is 0 Å². The second-order valence-corrected chi connectivity index (χ2v) is 4.74. The highest BCUT2D eigenvalue weighted by molar-refractivity contribution is 5.89. The first-order valence-electron chi connectivity index (χ1n) is 6.37. The van der Waals surface area contributed by atoms with Crippen LogP contribution in [0.5, 0.6) is 0 Å². The van der Waals surface area contributed by atoms with Gasteiger partial charge in [0.25, 0.3) is 0 Å². The molecule has 3 rings (SSSR count). The predicted octanol–water partition coefficient (Wildman–Crippen LogP) is 3.81. The Morgan fingerprint density at radius 2 is 1.68 bits per heavy atom. The highest BCUT2D eigenvalue weighted by atomic mass is 16.1. The number of para-hydroxylation sites is 1. The van der Waals surface area contributed by atoms with Gasteiger partial charge in [-0.15, -0.1) is 0 Å². The summed E-state index contributed by atoms with van der Waals surface area (Å²) in [7, 11) is 0. The third-order valence-electron chi connectivity index (χ3n) is 3.57. The molecule has 0 fully saturated rings. The number of nitrogens with zero attached hydrogens (tertiary/aromatic N) is 1. The molecule has 2 aromatic carbocycles. The summed E-state index contributed by atoms with van der Waals surface area (Å²) in [5.74, 6) is 0. The van der Waals surface area contributed by atoms with Gasteiger partial charge in [0.15, 0.2) is 0 Å². The van der Waals surface area contributed by atoms with Crippen LogP contribution in [0.2, 0.25) is 0 Å². The van der Waals surface area contributed by atoms with Crippen molar-refractivity contribution >= 4 is 17.7 Å². The summed E-state index contributed by atoms with van der Waals surface area (Å²) in [6, 6.07) is 18.1. The van der Waals surface area contributed by atoms with E-state index in [0.29, 0.717) is 0 Å². The Hall–Kier alpha value is -2.35. The largest absolute Gasteiger partial charge is 0.303 e. The van der Waals surface area contributed by atoms with E-state index in [2.05, 4.69) is 31.2 Å². The summed E-state index contributed by atoms with van der Waals surface area (Å²) in [4.78, 5) is 13.3. The van der Waals surface area contributed by atoms with Crippen molar-refractivity contribution in [3.05, 3.63) is 71.8 Å². The van der Waals surface area contributed by atoms with Crippen LogP contribution in [0.15, 0.2) is 60.7 Å². The molecule has 0 spiro atoms. The van der Waals surface area contributed by atoms with E-state index in [9.17, 15) is 4.79 Å². The summed E-state index contributed by atoms with van der Waals surface area (Å²) >= 11 is 0. The Morgan fingerprint density at radius 1 is 1.00 bits per heavy atom. The van der Waals surface area contributed by atoms with E-state index in [1.807, 2.05) is 36.4 Å². The van der Waals surface area contributed by atoms with Crippen molar-refractivity contribution in [3.8, 4) is 0 Å². The van der Waals surface area contributed by atoms with Crippen LogP contribution in [-0.4, -0.2) is 6.41 Å². The van der Waals surface area contributed by atoms with Crippen LogP contribution in [0.4, 0.5) is 5.69 Å². The number of carbonyl (C=O) groups excluding carboxylic acids is 1. The minimum atomic E-state index is -0.0198. The van der Waals surface area contributed by atoms with Crippen molar-refractivity contribution in [1.82, 2.24) is 0 Å². The molecular formula is C17H15NO. The van der Waals surface area contributed by atoms with Crippen LogP contribution >= 0.6 is 0 Å². The lowest BCUT2D eigenvalue weighted by molar-refractivity contribution is -0.107. The molecule has 19 heavy (non-hydrogen) atoms. The third-order valence-corrected chi connectivity index (χ3v) is 3.57. The van der Waals surface area contributed by atoms with Gasteiger partial charge in [-0.1, -0.05) is 54.6 Å². The fraction of sp³-hybridized carbons (Fsp3) is 0.118. The number of allylic oxidation sites excluding steroid dienone is 1.